The maximum absolute atomic E-state index is 14.3. The molecule has 0 aliphatic heterocycles. The minimum absolute atomic E-state index is 0.0191. The van der Waals surface area contributed by atoms with Gasteiger partial charge in [0, 0.05) is 42.6 Å². The Morgan fingerprint density at radius 2 is 1.45 bits per heavy atom. The molecule has 3 amide bonds. The predicted octanol–water partition coefficient (Wildman–Crippen LogP) is 3.50. The number of ether oxygens (including phenoxy) is 3. The number of phenolic OH excluding ortho intramolecular Hbond substituents is 1. The van der Waals surface area contributed by atoms with Crippen LogP contribution in [0, 0.1) is 0 Å². The van der Waals surface area contributed by atoms with E-state index in [0.29, 0.717) is 41.9 Å². The summed E-state index contributed by atoms with van der Waals surface area (Å²) in [5.41, 5.74) is 24.1. The fraction of sp³-hybridized carbons (Fsp3) is 0.447. The molecule has 15 nitrogen and oxygen atoms in total. The smallest absolute Gasteiger partial charge is 0.240 e. The van der Waals surface area contributed by atoms with E-state index >= 15 is 0 Å². The number of primary amides is 2. The second-order valence-electron chi connectivity index (χ2n) is 13.1. The molecule has 1 aromatic heterocycles. The largest absolute Gasteiger partial charge is 0.507 e. The number of hydrogen-bond acceptors (Lipinski definition) is 10. The van der Waals surface area contributed by atoms with Crippen LogP contribution in [0.5, 0.6) is 23.0 Å². The van der Waals surface area contributed by atoms with Gasteiger partial charge in [0.1, 0.15) is 34.1 Å². The third-order valence-electron chi connectivity index (χ3n) is 8.20. The van der Waals surface area contributed by atoms with Crippen LogP contribution in [0.25, 0.3) is 21.9 Å². The van der Waals surface area contributed by atoms with Gasteiger partial charge in [0.25, 0.3) is 0 Å². The van der Waals surface area contributed by atoms with Crippen molar-refractivity contribution in [3.8, 4) is 23.0 Å². The maximum atomic E-state index is 14.3. The van der Waals surface area contributed by atoms with Gasteiger partial charge in [-0.1, -0.05) is 23.3 Å². The highest BCUT2D eigenvalue weighted by molar-refractivity contribution is 5.98. The van der Waals surface area contributed by atoms with Crippen molar-refractivity contribution in [1.29, 1.82) is 0 Å². The molecule has 53 heavy (non-hydrogen) atoms. The molecule has 10 N–H and O–H groups in total. The summed E-state index contributed by atoms with van der Waals surface area (Å²) in [7, 11) is 1.47. The Bertz CT molecular complexity index is 1950. The zero-order valence-electron chi connectivity index (χ0n) is 31.1. The number of aromatic hydroxyl groups is 1. The van der Waals surface area contributed by atoms with Gasteiger partial charge < -0.3 is 52.0 Å². The van der Waals surface area contributed by atoms with E-state index in [0.717, 1.165) is 11.1 Å². The molecule has 0 bridgehead atoms. The van der Waals surface area contributed by atoms with Crippen molar-refractivity contribution in [1.82, 2.24) is 5.32 Å². The highest BCUT2D eigenvalue weighted by Crippen LogP contribution is 2.41. The number of amides is 3. The van der Waals surface area contributed by atoms with Crippen LogP contribution >= 0.6 is 0 Å². The number of carbonyl (C=O) groups is 3. The molecule has 288 valence electrons. The van der Waals surface area contributed by atoms with Gasteiger partial charge in [-0.2, -0.15) is 0 Å². The molecule has 0 saturated heterocycles. The summed E-state index contributed by atoms with van der Waals surface area (Å²) in [4.78, 5) is 54.0. The molecule has 0 saturated carbocycles. The lowest BCUT2D eigenvalue weighted by atomic mass is 9.98. The summed E-state index contributed by atoms with van der Waals surface area (Å²) in [5.74, 6) is -0.947. The third kappa shape index (κ3) is 11.9. The number of hydrogen-bond donors (Lipinski definition) is 6. The Hall–Kier alpha value is -5.73. The number of aliphatic imine (C=N–C) groups is 1. The molecule has 3 aromatic rings. The van der Waals surface area contributed by atoms with Crippen LogP contribution in [-0.2, 0) is 27.2 Å². The summed E-state index contributed by atoms with van der Waals surface area (Å²) in [6.07, 6.45) is 5.91. The van der Waals surface area contributed by atoms with E-state index < -0.39 is 29.2 Å². The van der Waals surface area contributed by atoms with E-state index in [1.54, 1.807) is 12.1 Å². The van der Waals surface area contributed by atoms with Crippen LogP contribution in [0.2, 0.25) is 0 Å². The molecule has 15 heteroatoms. The van der Waals surface area contributed by atoms with Gasteiger partial charge in [-0.15, -0.1) is 0 Å². The second-order valence-corrected chi connectivity index (χ2v) is 13.1. The maximum Gasteiger partial charge on any atom is 0.240 e. The van der Waals surface area contributed by atoms with Crippen molar-refractivity contribution in [2.24, 2.45) is 27.9 Å². The van der Waals surface area contributed by atoms with Gasteiger partial charge in [0.05, 0.1) is 25.7 Å². The van der Waals surface area contributed by atoms with E-state index in [1.165, 1.54) is 7.11 Å². The predicted molar refractivity (Wildman–Crippen MR) is 204 cm³/mol. The van der Waals surface area contributed by atoms with Crippen molar-refractivity contribution >= 4 is 45.6 Å². The molecule has 0 aliphatic carbocycles. The highest BCUT2D eigenvalue weighted by atomic mass is 16.5. The molecule has 0 radical (unpaired) electrons. The second kappa shape index (κ2) is 19.8. The number of benzene rings is 2. The van der Waals surface area contributed by atoms with Crippen LogP contribution in [-0.4, -0.2) is 61.7 Å². The fourth-order valence-electron chi connectivity index (χ4n) is 5.57. The Morgan fingerprint density at radius 1 is 0.868 bits per heavy atom. The van der Waals surface area contributed by atoms with Gasteiger partial charge in [-0.25, -0.2) is 0 Å². The molecule has 1 heterocycles. The zero-order valence-corrected chi connectivity index (χ0v) is 31.1. The number of allylic oxidation sites excluding steroid dienone is 4. The van der Waals surface area contributed by atoms with Crippen LogP contribution in [0.4, 0.5) is 0 Å². The van der Waals surface area contributed by atoms with Gasteiger partial charge in [0.15, 0.2) is 17.5 Å². The monoisotopic (exact) mass is 736 g/mol. The topological polar surface area (TPSA) is 258 Å². The van der Waals surface area contributed by atoms with Crippen molar-refractivity contribution in [2.75, 3.05) is 26.9 Å². The number of phenols is 1. The fourth-order valence-corrected chi connectivity index (χ4v) is 5.57. The summed E-state index contributed by atoms with van der Waals surface area (Å²) in [5, 5.41) is 14.5. The molecular formula is C38H52N6O9. The molecule has 1 unspecified atom stereocenters. The van der Waals surface area contributed by atoms with Crippen LogP contribution in [0.1, 0.15) is 77.3 Å². The van der Waals surface area contributed by atoms with E-state index in [9.17, 15) is 24.3 Å². The van der Waals surface area contributed by atoms with Crippen molar-refractivity contribution in [2.45, 2.75) is 85.1 Å². The summed E-state index contributed by atoms with van der Waals surface area (Å²) < 4.78 is 24.2. The Kier molecular flexibility index (Phi) is 15.5. The number of nitrogens with one attached hydrogen (secondary N) is 1. The van der Waals surface area contributed by atoms with Gasteiger partial charge in [0.2, 0.25) is 23.2 Å². The lowest BCUT2D eigenvalue weighted by Crippen LogP contribution is -2.44. The number of rotatable bonds is 21. The van der Waals surface area contributed by atoms with E-state index in [-0.39, 0.29) is 91.3 Å². The van der Waals surface area contributed by atoms with Crippen molar-refractivity contribution < 1.29 is 38.1 Å². The first-order valence-electron chi connectivity index (χ1n) is 17.4. The number of nitrogens with zero attached hydrogens (tertiary/aromatic N) is 1. The lowest BCUT2D eigenvalue weighted by molar-refractivity contribution is -0.127. The number of nitrogens with two attached hydrogens (primary N) is 4. The lowest BCUT2D eigenvalue weighted by Gasteiger charge is -2.18. The molecular weight excluding hydrogens is 684 g/mol. The third-order valence-corrected chi connectivity index (χ3v) is 8.20. The first kappa shape index (κ1) is 41.7. The molecule has 0 aliphatic rings. The molecule has 3 rings (SSSR count). The quantitative estimate of drug-likeness (QED) is 0.0303. The average molecular weight is 737 g/mol. The SMILES string of the molecule is COc1c(OCCCC(N)=O)cc2oc3cc(OCCCC(=O)NC(CCCN=C(N)N)C(N)=O)c(CC=C(C)C)c(O)c3c(=O)c2c1CC=C(C)C. The van der Waals surface area contributed by atoms with Gasteiger partial charge in [-0.3, -0.25) is 24.2 Å². The molecule has 0 fully saturated rings. The first-order chi connectivity index (χ1) is 25.1. The first-order valence-corrected chi connectivity index (χ1v) is 17.4. The van der Waals surface area contributed by atoms with Crippen LogP contribution < -0.4 is 47.9 Å². The van der Waals surface area contributed by atoms with E-state index in [2.05, 4.69) is 10.3 Å². The minimum atomic E-state index is -0.882. The van der Waals surface area contributed by atoms with Crippen molar-refractivity contribution in [3.63, 3.8) is 0 Å². The van der Waals surface area contributed by atoms with Gasteiger partial charge >= 0.3 is 0 Å². The van der Waals surface area contributed by atoms with Gasteiger partial charge in [-0.05, 0) is 66.2 Å². The number of guanidine groups is 1. The average Bonchev–Trinajstić information content (AvgIpc) is 3.07. The molecule has 1 atom stereocenters. The normalized spacial score (nSPS) is 11.4. The Labute approximate surface area is 308 Å². The Balaban J connectivity index is 2.00. The zero-order chi connectivity index (χ0) is 39.2. The minimum Gasteiger partial charge on any atom is -0.507 e. The van der Waals surface area contributed by atoms with Crippen LogP contribution in [0.15, 0.2) is 49.6 Å². The summed E-state index contributed by atoms with van der Waals surface area (Å²) >= 11 is 0. The van der Waals surface area contributed by atoms with Crippen LogP contribution in [0.3, 0.4) is 0 Å². The summed E-state index contributed by atoms with van der Waals surface area (Å²) in [6, 6.07) is 2.22. The standard InChI is InChI=1S/C38H52N6O9/c1-21(2)12-14-23-26(51-18-8-11-31(46)44-25(37(40)49)9-6-16-43-38(41)42)19-28-33(34(23)47)35(48)32-24(15-13-22(3)4)36(50-5)29(20-27(32)53-28)52-17-7-10-30(39)45/h12-13,19-20,25,47H,6-11,14-18H2,1-5H3,(H2,39,45)(H2,40,49)(H,44,46)(H4,41,42,43). The molecule has 0 spiro atoms. The molecule has 2 aromatic carbocycles. The Morgan fingerprint density at radius 3 is 2.04 bits per heavy atom. The number of carbonyl (C=O) groups excluding carboxylic acids is 3. The highest BCUT2D eigenvalue weighted by Gasteiger charge is 2.25. The van der Waals surface area contributed by atoms with E-state index in [4.69, 9.17) is 41.6 Å². The number of fused-ring (bicyclic) bond motifs is 2. The van der Waals surface area contributed by atoms with E-state index in [1.807, 2.05) is 39.8 Å². The number of methoxy groups -OCH3 is 1. The van der Waals surface area contributed by atoms with Crippen molar-refractivity contribution in [3.05, 3.63) is 56.8 Å². The summed E-state index contributed by atoms with van der Waals surface area (Å²) in [6.45, 7) is 8.21.